The molecule has 0 bridgehead atoms. The summed E-state index contributed by atoms with van der Waals surface area (Å²) in [6.07, 6.45) is 3.50. The van der Waals surface area contributed by atoms with Crippen LogP contribution in [0.3, 0.4) is 0 Å². The first kappa shape index (κ1) is 25.6. The van der Waals surface area contributed by atoms with E-state index in [2.05, 4.69) is 94.8 Å². The van der Waals surface area contributed by atoms with E-state index in [9.17, 15) is 0 Å². The number of hydrogen-bond donors (Lipinski definition) is 2. The Morgan fingerprint density at radius 2 is 1.45 bits per heavy atom. The minimum absolute atomic E-state index is 0.201. The first-order chi connectivity index (χ1) is 15.0. The largest absolute Gasteiger partial charge is 0.489 e. The summed E-state index contributed by atoms with van der Waals surface area (Å²) < 4.78 is 6.82. The molecule has 0 amide bonds. The Balaban J connectivity index is 1.80. The summed E-state index contributed by atoms with van der Waals surface area (Å²) >= 11 is 2.30. The lowest BCUT2D eigenvalue weighted by Gasteiger charge is -2.20. The van der Waals surface area contributed by atoms with Crippen molar-refractivity contribution in [2.45, 2.75) is 46.3 Å². The molecule has 2 rings (SSSR count). The fourth-order valence-electron chi connectivity index (χ4n) is 3.55. The lowest BCUT2D eigenvalue weighted by molar-refractivity contribution is 0.278. The van der Waals surface area contributed by atoms with Crippen LogP contribution in [-0.2, 0) is 19.6 Å². The predicted octanol–water partition coefficient (Wildman–Crippen LogP) is 5.06. The molecule has 3 N–H and O–H groups in total. The van der Waals surface area contributed by atoms with Gasteiger partial charge in [0.2, 0.25) is 0 Å². The zero-order valence-electron chi connectivity index (χ0n) is 18.9. The van der Waals surface area contributed by atoms with Crippen LogP contribution in [0.4, 0.5) is 0 Å². The SMILES string of the molecule is CCCN(CCC)CCc1ccc(OCc2ccc(CN(CI)CC(=N)N)cc2)cc1. The number of amidine groups is 1. The van der Waals surface area contributed by atoms with Gasteiger partial charge in [0, 0.05) is 13.1 Å². The highest BCUT2D eigenvalue weighted by molar-refractivity contribution is 14.1. The second-order valence-corrected chi connectivity index (χ2v) is 8.65. The standard InChI is InChI=1S/C25H37IN4O/c1-3-14-29(15-4-2)16-13-21-9-11-24(12-10-21)31-19-23-7-5-22(6-8-23)17-30(20-26)18-25(27)28/h5-12H,3-4,13-20H2,1-2H3,(H3,27,28). The molecule has 0 aliphatic heterocycles. The van der Waals surface area contributed by atoms with Gasteiger partial charge in [-0.15, -0.1) is 0 Å². The number of rotatable bonds is 15. The number of ether oxygens (including phenoxy) is 1. The third kappa shape index (κ3) is 10.0. The summed E-state index contributed by atoms with van der Waals surface area (Å²) in [4.78, 5) is 4.69. The van der Waals surface area contributed by atoms with E-state index >= 15 is 0 Å². The van der Waals surface area contributed by atoms with Gasteiger partial charge in [0.05, 0.1) is 11.1 Å². The minimum Gasteiger partial charge on any atom is -0.489 e. The van der Waals surface area contributed by atoms with E-state index in [1.54, 1.807) is 0 Å². The molecule has 0 atom stereocenters. The summed E-state index contributed by atoms with van der Waals surface area (Å²) in [6.45, 7) is 9.83. The Kier molecular flexibility index (Phi) is 11.9. The number of hydrogen-bond acceptors (Lipinski definition) is 4. The zero-order valence-corrected chi connectivity index (χ0v) is 21.1. The lowest BCUT2D eigenvalue weighted by atomic mass is 10.1. The van der Waals surface area contributed by atoms with Crippen molar-refractivity contribution in [3.63, 3.8) is 0 Å². The molecule has 170 valence electrons. The van der Waals surface area contributed by atoms with Crippen molar-refractivity contribution in [3.05, 3.63) is 65.2 Å². The van der Waals surface area contributed by atoms with Gasteiger partial charge >= 0.3 is 0 Å². The molecule has 0 unspecified atom stereocenters. The van der Waals surface area contributed by atoms with Gasteiger partial charge in [-0.2, -0.15) is 0 Å². The van der Waals surface area contributed by atoms with Crippen molar-refractivity contribution in [3.8, 4) is 5.75 Å². The van der Waals surface area contributed by atoms with Gasteiger partial charge in [-0.25, -0.2) is 0 Å². The molecule has 2 aromatic rings. The van der Waals surface area contributed by atoms with Gasteiger partial charge in [-0.1, -0.05) is 72.8 Å². The number of alkyl halides is 1. The monoisotopic (exact) mass is 536 g/mol. The Bertz CT molecular complexity index is 758. The molecule has 0 aliphatic carbocycles. The summed E-state index contributed by atoms with van der Waals surface area (Å²) in [5.74, 6) is 1.11. The molecule has 6 heteroatoms. The molecule has 0 spiro atoms. The second kappa shape index (κ2) is 14.4. The maximum atomic E-state index is 7.47. The van der Waals surface area contributed by atoms with Crippen LogP contribution in [0.2, 0.25) is 0 Å². The first-order valence-corrected chi connectivity index (χ1v) is 12.7. The van der Waals surface area contributed by atoms with Crippen LogP contribution in [0.25, 0.3) is 0 Å². The van der Waals surface area contributed by atoms with Crippen LogP contribution in [-0.4, -0.2) is 46.4 Å². The van der Waals surface area contributed by atoms with E-state index in [1.807, 2.05) is 0 Å². The van der Waals surface area contributed by atoms with Gasteiger partial charge in [-0.3, -0.25) is 10.3 Å². The van der Waals surface area contributed by atoms with E-state index < -0.39 is 0 Å². The summed E-state index contributed by atoms with van der Waals surface area (Å²) in [7, 11) is 0. The summed E-state index contributed by atoms with van der Waals surface area (Å²) in [5, 5.41) is 7.47. The summed E-state index contributed by atoms with van der Waals surface area (Å²) in [6, 6.07) is 17.0. The van der Waals surface area contributed by atoms with Crippen molar-refractivity contribution in [1.29, 1.82) is 5.41 Å². The van der Waals surface area contributed by atoms with E-state index in [-0.39, 0.29) is 5.84 Å². The topological polar surface area (TPSA) is 65.6 Å². The van der Waals surface area contributed by atoms with E-state index in [0.29, 0.717) is 13.2 Å². The predicted molar refractivity (Wildman–Crippen MR) is 139 cm³/mol. The van der Waals surface area contributed by atoms with Gasteiger partial charge in [0.1, 0.15) is 18.2 Å². The average Bonchev–Trinajstić information content (AvgIpc) is 2.77. The lowest BCUT2D eigenvalue weighted by Crippen LogP contribution is -2.31. The highest BCUT2D eigenvalue weighted by Gasteiger charge is 2.07. The van der Waals surface area contributed by atoms with Crippen molar-refractivity contribution >= 4 is 28.4 Å². The Morgan fingerprint density at radius 1 is 0.871 bits per heavy atom. The molecule has 0 heterocycles. The van der Waals surface area contributed by atoms with Crippen molar-refractivity contribution in [2.75, 3.05) is 30.7 Å². The Labute approximate surface area is 201 Å². The molecule has 0 radical (unpaired) electrons. The molecule has 2 aromatic carbocycles. The highest BCUT2D eigenvalue weighted by Crippen LogP contribution is 2.16. The molecule has 0 saturated carbocycles. The first-order valence-electron chi connectivity index (χ1n) is 11.2. The van der Waals surface area contributed by atoms with Gasteiger partial charge in [-0.05, 0) is 61.2 Å². The number of halogens is 1. The maximum Gasteiger partial charge on any atom is 0.119 e. The van der Waals surface area contributed by atoms with Gasteiger partial charge in [0.15, 0.2) is 0 Å². The third-order valence-electron chi connectivity index (χ3n) is 5.12. The van der Waals surface area contributed by atoms with Crippen LogP contribution >= 0.6 is 22.6 Å². The van der Waals surface area contributed by atoms with Crippen LogP contribution in [0.1, 0.15) is 43.4 Å². The Morgan fingerprint density at radius 3 is 2.00 bits per heavy atom. The molecular weight excluding hydrogens is 499 g/mol. The summed E-state index contributed by atoms with van der Waals surface area (Å²) in [5.41, 5.74) is 9.25. The molecule has 0 aromatic heterocycles. The molecule has 5 nitrogen and oxygen atoms in total. The molecular formula is C25H37IN4O. The number of benzene rings is 2. The van der Waals surface area contributed by atoms with Crippen molar-refractivity contribution in [1.82, 2.24) is 9.80 Å². The smallest absolute Gasteiger partial charge is 0.119 e. The highest BCUT2D eigenvalue weighted by atomic mass is 127. The zero-order chi connectivity index (χ0) is 22.5. The van der Waals surface area contributed by atoms with Crippen molar-refractivity contribution in [2.24, 2.45) is 5.73 Å². The number of nitrogens with zero attached hydrogens (tertiary/aromatic N) is 2. The normalized spacial score (nSPS) is 11.3. The van der Waals surface area contributed by atoms with E-state index in [0.717, 1.165) is 35.4 Å². The minimum atomic E-state index is 0.201. The maximum absolute atomic E-state index is 7.47. The fourth-order valence-corrected chi connectivity index (χ4v) is 4.04. The third-order valence-corrected chi connectivity index (χ3v) is 6.08. The average molecular weight is 537 g/mol. The molecule has 0 aliphatic rings. The Hall–Kier alpha value is -1.64. The molecule has 0 saturated heterocycles. The second-order valence-electron chi connectivity index (χ2n) is 7.97. The number of nitrogens with one attached hydrogen (secondary N) is 1. The fraction of sp³-hybridized carbons (Fsp3) is 0.480. The quantitative estimate of drug-likeness (QED) is 0.110. The van der Waals surface area contributed by atoms with Crippen LogP contribution in [0.5, 0.6) is 5.75 Å². The van der Waals surface area contributed by atoms with Gasteiger partial charge in [0.25, 0.3) is 0 Å². The van der Waals surface area contributed by atoms with Crippen LogP contribution in [0, 0.1) is 5.41 Å². The van der Waals surface area contributed by atoms with E-state index in [4.69, 9.17) is 15.9 Å². The molecule has 0 fully saturated rings. The molecule has 31 heavy (non-hydrogen) atoms. The van der Waals surface area contributed by atoms with Crippen LogP contribution < -0.4 is 10.5 Å². The van der Waals surface area contributed by atoms with Crippen molar-refractivity contribution < 1.29 is 4.74 Å². The van der Waals surface area contributed by atoms with E-state index in [1.165, 1.54) is 37.1 Å². The van der Waals surface area contributed by atoms with Gasteiger partial charge < -0.3 is 15.4 Å². The number of nitrogens with two attached hydrogens (primary N) is 1. The van der Waals surface area contributed by atoms with Crippen LogP contribution in [0.15, 0.2) is 48.5 Å².